The van der Waals surface area contributed by atoms with Gasteiger partial charge in [-0.05, 0) is 31.7 Å². The molecule has 0 atom stereocenters. The van der Waals surface area contributed by atoms with Crippen LogP contribution in [0.3, 0.4) is 0 Å². The van der Waals surface area contributed by atoms with E-state index >= 15 is 0 Å². The molecule has 2 aromatic heterocycles. The summed E-state index contributed by atoms with van der Waals surface area (Å²) in [6, 6.07) is -0.624. The minimum absolute atomic E-state index is 0.133. The number of esters is 1. The van der Waals surface area contributed by atoms with E-state index < -0.39 is 24.5 Å². The van der Waals surface area contributed by atoms with E-state index in [1.807, 2.05) is 6.92 Å². The lowest BCUT2D eigenvalue weighted by Gasteiger charge is -2.08. The summed E-state index contributed by atoms with van der Waals surface area (Å²) < 4.78 is 6.76. The number of amides is 3. The van der Waals surface area contributed by atoms with Crippen LogP contribution in [-0.2, 0) is 22.5 Å². The summed E-state index contributed by atoms with van der Waals surface area (Å²) in [4.78, 5) is 54.2. The summed E-state index contributed by atoms with van der Waals surface area (Å²) in [6.45, 7) is 4.18. The molecule has 3 rings (SSSR count). The monoisotopic (exact) mass is 434 g/mol. The fourth-order valence-electron chi connectivity index (χ4n) is 3.39. The molecular weight excluding hydrogens is 408 g/mol. The van der Waals surface area contributed by atoms with Crippen LogP contribution in [0.2, 0.25) is 0 Å². The summed E-state index contributed by atoms with van der Waals surface area (Å²) in [5.74, 6) is -0.683. The van der Waals surface area contributed by atoms with Crippen molar-refractivity contribution in [2.45, 2.75) is 58.9 Å². The molecule has 162 valence electrons. The van der Waals surface area contributed by atoms with E-state index in [0.717, 1.165) is 55.7 Å². The van der Waals surface area contributed by atoms with Crippen LogP contribution in [0.5, 0.6) is 0 Å². The van der Waals surface area contributed by atoms with Crippen LogP contribution in [0.25, 0.3) is 10.2 Å². The molecule has 1 aliphatic heterocycles. The maximum Gasteiger partial charge on any atom is 0.349 e. The number of aromatic nitrogens is 2. The number of carbonyl (C=O) groups is 3. The number of carbonyl (C=O) groups excluding carboxylic acids is 3. The highest BCUT2D eigenvalue weighted by atomic mass is 32.1. The number of fused-ring (bicyclic) bond motifs is 2. The quantitative estimate of drug-likeness (QED) is 0.532. The van der Waals surface area contributed by atoms with E-state index in [1.165, 1.54) is 0 Å². The fourth-order valence-corrected chi connectivity index (χ4v) is 4.47. The van der Waals surface area contributed by atoms with Crippen LogP contribution in [0.15, 0.2) is 4.79 Å². The molecule has 0 bridgehead atoms. The molecule has 0 radical (unpaired) electrons. The van der Waals surface area contributed by atoms with Crippen LogP contribution >= 0.6 is 11.3 Å². The number of hydrogen-bond acceptors (Lipinski definition) is 7. The first-order valence-corrected chi connectivity index (χ1v) is 11.0. The van der Waals surface area contributed by atoms with Crippen molar-refractivity contribution in [1.82, 2.24) is 20.2 Å². The molecule has 3 amide bonds. The van der Waals surface area contributed by atoms with Gasteiger partial charge in [-0.1, -0.05) is 19.8 Å². The van der Waals surface area contributed by atoms with E-state index in [2.05, 4.69) is 15.6 Å². The Labute approximate surface area is 177 Å². The summed E-state index contributed by atoms with van der Waals surface area (Å²) in [7, 11) is 0. The van der Waals surface area contributed by atoms with E-state index in [9.17, 15) is 19.2 Å². The third-order valence-electron chi connectivity index (χ3n) is 5.00. The fraction of sp³-hybridized carbons (Fsp3) is 0.550. The number of thiophene rings is 1. The second-order valence-electron chi connectivity index (χ2n) is 7.27. The van der Waals surface area contributed by atoms with E-state index in [-0.39, 0.29) is 10.4 Å². The summed E-state index contributed by atoms with van der Waals surface area (Å²) >= 11 is 1.09. The van der Waals surface area contributed by atoms with E-state index in [0.29, 0.717) is 28.9 Å². The zero-order valence-corrected chi connectivity index (χ0v) is 18.0. The van der Waals surface area contributed by atoms with Crippen molar-refractivity contribution in [3.05, 3.63) is 26.6 Å². The highest BCUT2D eigenvalue weighted by molar-refractivity contribution is 7.20. The maximum absolute atomic E-state index is 12.9. The Balaban J connectivity index is 1.69. The van der Waals surface area contributed by atoms with Gasteiger partial charge in [0.1, 0.15) is 15.5 Å². The zero-order valence-electron chi connectivity index (χ0n) is 17.2. The highest BCUT2D eigenvalue weighted by Gasteiger charge is 2.23. The number of hydrogen-bond donors (Lipinski definition) is 2. The molecule has 0 saturated heterocycles. The van der Waals surface area contributed by atoms with Crippen molar-refractivity contribution in [3.63, 3.8) is 0 Å². The first-order valence-electron chi connectivity index (χ1n) is 10.2. The lowest BCUT2D eigenvalue weighted by atomic mass is 10.2. The Hall–Kier alpha value is -2.75. The molecule has 10 heteroatoms. The van der Waals surface area contributed by atoms with Gasteiger partial charge in [0.25, 0.3) is 11.5 Å². The number of nitrogens with one attached hydrogen (secondary N) is 2. The smallest absolute Gasteiger partial charge is 0.349 e. The predicted octanol–water partition coefficient (Wildman–Crippen LogP) is 2.28. The van der Waals surface area contributed by atoms with Gasteiger partial charge in [-0.25, -0.2) is 14.6 Å². The number of imide groups is 1. The van der Waals surface area contributed by atoms with Crippen LogP contribution in [-0.4, -0.2) is 40.6 Å². The summed E-state index contributed by atoms with van der Waals surface area (Å²) in [5, 5.41) is 5.08. The van der Waals surface area contributed by atoms with Crippen molar-refractivity contribution >= 4 is 39.5 Å². The standard InChI is InChI=1S/C20H26N4O5S/c1-3-4-9-21-20(28)23-14(25)11-29-19(27)16-12(2)15-17(30-16)22-13-8-6-5-7-10-24(13)18(15)26/h3-11H2,1-2H3,(H2,21,23,25,28). The minimum Gasteiger partial charge on any atom is -0.451 e. The van der Waals surface area contributed by atoms with Crippen LogP contribution in [0.1, 0.15) is 60.1 Å². The molecule has 0 aromatic carbocycles. The third kappa shape index (κ3) is 4.86. The van der Waals surface area contributed by atoms with Crippen molar-refractivity contribution in [1.29, 1.82) is 0 Å². The lowest BCUT2D eigenvalue weighted by molar-refractivity contribution is -0.123. The molecule has 3 heterocycles. The number of rotatable bonds is 6. The number of ether oxygens (including phenoxy) is 1. The van der Waals surface area contributed by atoms with Gasteiger partial charge in [-0.15, -0.1) is 11.3 Å². The first kappa shape index (κ1) is 21.9. The SMILES string of the molecule is CCCCNC(=O)NC(=O)COC(=O)c1sc2nc3n(c(=O)c2c1C)CCCCC3. The Kier molecular flexibility index (Phi) is 7.20. The van der Waals surface area contributed by atoms with Gasteiger partial charge in [0.15, 0.2) is 6.61 Å². The maximum atomic E-state index is 12.9. The molecule has 0 saturated carbocycles. The van der Waals surface area contributed by atoms with E-state index in [1.54, 1.807) is 11.5 Å². The largest absolute Gasteiger partial charge is 0.451 e. The Morgan fingerprint density at radius 1 is 1.23 bits per heavy atom. The van der Waals surface area contributed by atoms with Crippen molar-refractivity contribution in [3.8, 4) is 0 Å². The molecule has 2 N–H and O–H groups in total. The molecule has 0 unspecified atom stereocenters. The lowest BCUT2D eigenvalue weighted by Crippen LogP contribution is -2.41. The molecular formula is C20H26N4O5S. The van der Waals surface area contributed by atoms with Gasteiger partial charge in [0, 0.05) is 19.5 Å². The van der Waals surface area contributed by atoms with Crippen LogP contribution in [0, 0.1) is 6.92 Å². The Morgan fingerprint density at radius 3 is 2.80 bits per heavy atom. The van der Waals surface area contributed by atoms with Gasteiger partial charge >= 0.3 is 12.0 Å². The van der Waals surface area contributed by atoms with Gasteiger partial charge in [0.2, 0.25) is 0 Å². The van der Waals surface area contributed by atoms with E-state index in [4.69, 9.17) is 4.74 Å². The zero-order chi connectivity index (χ0) is 21.7. The second kappa shape index (κ2) is 9.84. The van der Waals surface area contributed by atoms with Crippen LogP contribution < -0.4 is 16.2 Å². The number of unbranched alkanes of at least 4 members (excludes halogenated alkanes) is 1. The van der Waals surface area contributed by atoms with Crippen molar-refractivity contribution in [2.24, 2.45) is 0 Å². The Bertz CT molecular complexity index is 1030. The van der Waals surface area contributed by atoms with Gasteiger partial charge in [0.05, 0.1) is 5.39 Å². The number of aryl methyl sites for hydroxylation is 2. The summed E-state index contributed by atoms with van der Waals surface area (Å²) in [6.07, 6.45) is 5.44. The van der Waals surface area contributed by atoms with Gasteiger partial charge < -0.3 is 10.1 Å². The van der Waals surface area contributed by atoms with Crippen LogP contribution in [0.4, 0.5) is 4.79 Å². The number of nitrogens with zero attached hydrogens (tertiary/aromatic N) is 2. The van der Waals surface area contributed by atoms with Gasteiger partial charge in [-0.2, -0.15) is 0 Å². The van der Waals surface area contributed by atoms with Crippen molar-refractivity contribution in [2.75, 3.05) is 13.2 Å². The van der Waals surface area contributed by atoms with Crippen molar-refractivity contribution < 1.29 is 19.1 Å². The topological polar surface area (TPSA) is 119 Å². The Morgan fingerprint density at radius 2 is 2.03 bits per heavy atom. The third-order valence-corrected chi connectivity index (χ3v) is 6.17. The average molecular weight is 435 g/mol. The first-order chi connectivity index (χ1) is 14.4. The normalized spacial score (nSPS) is 13.4. The summed E-state index contributed by atoms with van der Waals surface area (Å²) in [5.41, 5.74) is 0.376. The predicted molar refractivity (Wildman–Crippen MR) is 113 cm³/mol. The second-order valence-corrected chi connectivity index (χ2v) is 8.26. The molecule has 0 fully saturated rings. The molecule has 30 heavy (non-hydrogen) atoms. The highest BCUT2D eigenvalue weighted by Crippen LogP contribution is 2.28. The average Bonchev–Trinajstić information content (AvgIpc) is 2.88. The molecule has 0 aliphatic carbocycles. The van der Waals surface area contributed by atoms with Gasteiger partial charge in [-0.3, -0.25) is 19.5 Å². The molecule has 0 spiro atoms. The molecule has 1 aliphatic rings. The molecule has 2 aromatic rings. The molecule has 9 nitrogen and oxygen atoms in total. The number of urea groups is 1. The minimum atomic E-state index is -0.721.